The lowest BCUT2D eigenvalue weighted by molar-refractivity contribution is -0.118. The van der Waals surface area contributed by atoms with Gasteiger partial charge in [-0.2, -0.15) is 0 Å². The van der Waals surface area contributed by atoms with E-state index in [9.17, 15) is 14.4 Å². The second-order valence-corrected chi connectivity index (χ2v) is 6.40. The Bertz CT molecular complexity index is 1200. The van der Waals surface area contributed by atoms with Gasteiger partial charge in [-0.15, -0.1) is 0 Å². The van der Waals surface area contributed by atoms with Gasteiger partial charge in [-0.3, -0.25) is 14.1 Å². The summed E-state index contributed by atoms with van der Waals surface area (Å²) in [4.78, 5) is 36.5. The predicted molar refractivity (Wildman–Crippen MR) is 104 cm³/mol. The fraction of sp³-hybridized carbons (Fsp3) is 0.200. The number of hydrogen-bond donors (Lipinski definition) is 1. The average molecular weight is 411 g/mol. The van der Waals surface area contributed by atoms with E-state index in [1.807, 2.05) is 0 Å². The number of Topliss-reactive ketones (excluding diaryl/α,β-unsaturated/α-hetero) is 1. The van der Waals surface area contributed by atoms with Gasteiger partial charge in [0.05, 0.1) is 26.5 Å². The van der Waals surface area contributed by atoms with E-state index in [1.165, 1.54) is 20.3 Å². The van der Waals surface area contributed by atoms with Crippen molar-refractivity contribution in [2.75, 3.05) is 26.1 Å². The third-order valence-corrected chi connectivity index (χ3v) is 4.56. The molecule has 154 valence electrons. The van der Waals surface area contributed by atoms with Crippen LogP contribution in [0.25, 0.3) is 11.4 Å². The van der Waals surface area contributed by atoms with Crippen molar-refractivity contribution < 1.29 is 28.3 Å². The van der Waals surface area contributed by atoms with Crippen molar-refractivity contribution in [1.82, 2.24) is 9.72 Å². The SMILES string of the molecule is COc1ccc(-c2noc(=O)n2CC(=O)c2ccc3c(c2)NC(=O)CO3)cc1OC. The summed E-state index contributed by atoms with van der Waals surface area (Å²) in [7, 11) is 2.99. The van der Waals surface area contributed by atoms with Gasteiger partial charge < -0.3 is 19.5 Å². The second-order valence-electron chi connectivity index (χ2n) is 6.40. The highest BCUT2D eigenvalue weighted by atomic mass is 16.5. The number of carbonyl (C=O) groups excluding carboxylic acids is 2. The lowest BCUT2D eigenvalue weighted by atomic mass is 10.1. The number of anilines is 1. The molecule has 4 rings (SSSR count). The minimum absolute atomic E-state index is 0.0783. The number of hydrogen-bond acceptors (Lipinski definition) is 8. The Balaban J connectivity index is 1.64. The predicted octanol–water partition coefficient (Wildman–Crippen LogP) is 1.73. The Kier molecular flexibility index (Phi) is 4.97. The van der Waals surface area contributed by atoms with Gasteiger partial charge in [-0.25, -0.2) is 9.36 Å². The Morgan fingerprint density at radius 2 is 1.93 bits per heavy atom. The van der Waals surface area contributed by atoms with Crippen molar-refractivity contribution in [3.63, 3.8) is 0 Å². The van der Waals surface area contributed by atoms with E-state index in [2.05, 4.69) is 10.5 Å². The summed E-state index contributed by atoms with van der Waals surface area (Å²) in [6, 6.07) is 9.62. The van der Waals surface area contributed by atoms with Gasteiger partial charge in [0.1, 0.15) is 5.75 Å². The number of rotatable bonds is 6. The first kappa shape index (κ1) is 19.2. The molecule has 0 saturated heterocycles. The molecule has 3 aromatic rings. The van der Waals surface area contributed by atoms with Crippen LogP contribution >= 0.6 is 0 Å². The van der Waals surface area contributed by atoms with Crippen molar-refractivity contribution in [2.24, 2.45) is 0 Å². The van der Waals surface area contributed by atoms with Gasteiger partial charge in [-0.05, 0) is 36.4 Å². The molecule has 1 amide bonds. The Hall–Kier alpha value is -4.08. The van der Waals surface area contributed by atoms with Gasteiger partial charge >= 0.3 is 5.76 Å². The summed E-state index contributed by atoms with van der Waals surface area (Å²) < 4.78 is 21.7. The highest BCUT2D eigenvalue weighted by molar-refractivity contribution is 6.00. The molecule has 1 N–H and O–H groups in total. The molecular formula is C20H17N3O7. The van der Waals surface area contributed by atoms with E-state index < -0.39 is 5.76 Å². The summed E-state index contributed by atoms with van der Waals surface area (Å²) in [6.45, 7) is -0.384. The van der Waals surface area contributed by atoms with Gasteiger partial charge in [0, 0.05) is 11.1 Å². The minimum Gasteiger partial charge on any atom is -0.493 e. The van der Waals surface area contributed by atoms with E-state index in [-0.39, 0.29) is 30.7 Å². The zero-order valence-electron chi connectivity index (χ0n) is 16.1. The van der Waals surface area contributed by atoms with Crippen molar-refractivity contribution in [2.45, 2.75) is 6.54 Å². The molecule has 10 heteroatoms. The molecule has 0 saturated carbocycles. The lowest BCUT2D eigenvalue weighted by Gasteiger charge is -2.18. The van der Waals surface area contributed by atoms with Crippen LogP contribution in [0.4, 0.5) is 5.69 Å². The highest BCUT2D eigenvalue weighted by Gasteiger charge is 2.21. The Morgan fingerprint density at radius 3 is 2.70 bits per heavy atom. The first-order valence-electron chi connectivity index (χ1n) is 8.89. The smallest absolute Gasteiger partial charge is 0.442 e. The summed E-state index contributed by atoms with van der Waals surface area (Å²) in [5, 5.41) is 6.44. The summed E-state index contributed by atoms with van der Waals surface area (Å²) in [5.74, 6) is 0.135. The molecule has 1 aliphatic heterocycles. The monoisotopic (exact) mass is 411 g/mol. The van der Waals surface area contributed by atoms with Crippen LogP contribution in [0.1, 0.15) is 10.4 Å². The third-order valence-electron chi connectivity index (χ3n) is 4.56. The number of ketones is 1. The van der Waals surface area contributed by atoms with Crippen LogP contribution in [0.3, 0.4) is 0 Å². The van der Waals surface area contributed by atoms with Gasteiger partial charge in [0.2, 0.25) is 0 Å². The number of nitrogens with zero attached hydrogens (tertiary/aromatic N) is 2. The number of amides is 1. The molecule has 0 spiro atoms. The van der Waals surface area contributed by atoms with E-state index in [4.69, 9.17) is 18.7 Å². The fourth-order valence-corrected chi connectivity index (χ4v) is 3.08. The molecule has 0 unspecified atom stereocenters. The van der Waals surface area contributed by atoms with Gasteiger partial charge in [-0.1, -0.05) is 5.16 Å². The first-order valence-corrected chi connectivity index (χ1v) is 8.89. The lowest BCUT2D eigenvalue weighted by Crippen LogP contribution is -2.26. The Labute approximate surface area is 169 Å². The van der Waals surface area contributed by atoms with E-state index in [0.29, 0.717) is 34.1 Å². The zero-order valence-corrected chi connectivity index (χ0v) is 16.1. The number of ether oxygens (including phenoxy) is 3. The molecule has 1 aliphatic rings. The number of nitrogens with one attached hydrogen (secondary N) is 1. The maximum atomic E-state index is 12.8. The molecule has 0 atom stereocenters. The average Bonchev–Trinajstić information content (AvgIpc) is 3.12. The van der Waals surface area contributed by atoms with Gasteiger partial charge in [0.15, 0.2) is 29.7 Å². The molecule has 2 heterocycles. The van der Waals surface area contributed by atoms with Crippen LogP contribution in [0.15, 0.2) is 45.7 Å². The topological polar surface area (TPSA) is 122 Å². The number of carbonyl (C=O) groups is 2. The molecular weight excluding hydrogens is 394 g/mol. The molecule has 10 nitrogen and oxygen atoms in total. The molecule has 0 aliphatic carbocycles. The zero-order chi connectivity index (χ0) is 21.3. The van der Waals surface area contributed by atoms with Crippen LogP contribution in [-0.4, -0.2) is 42.2 Å². The highest BCUT2D eigenvalue weighted by Crippen LogP contribution is 2.32. The van der Waals surface area contributed by atoms with Gasteiger partial charge in [0.25, 0.3) is 5.91 Å². The fourth-order valence-electron chi connectivity index (χ4n) is 3.08. The van der Waals surface area contributed by atoms with Crippen LogP contribution in [0, 0.1) is 0 Å². The summed E-state index contributed by atoms with van der Waals surface area (Å²) in [5.41, 5.74) is 1.21. The van der Waals surface area contributed by atoms with E-state index in [0.717, 1.165) is 4.57 Å². The standard InChI is InChI=1S/C20H17N3O7/c1-27-16-6-4-12(8-17(16)28-2)19-22-30-20(26)23(19)9-14(24)11-3-5-15-13(7-11)21-18(25)10-29-15/h3-8H,9-10H2,1-2H3,(H,21,25). The maximum Gasteiger partial charge on any atom is 0.442 e. The summed E-state index contributed by atoms with van der Waals surface area (Å²) >= 11 is 0. The molecule has 0 bridgehead atoms. The Morgan fingerprint density at radius 1 is 1.13 bits per heavy atom. The molecule has 2 aromatic carbocycles. The largest absolute Gasteiger partial charge is 0.493 e. The summed E-state index contributed by atoms with van der Waals surface area (Å²) in [6.07, 6.45) is 0. The quantitative estimate of drug-likeness (QED) is 0.609. The van der Waals surface area contributed by atoms with Crippen molar-refractivity contribution in [1.29, 1.82) is 0 Å². The second kappa shape index (κ2) is 7.74. The number of methoxy groups -OCH3 is 2. The molecule has 0 fully saturated rings. The number of fused-ring (bicyclic) bond motifs is 1. The van der Waals surface area contributed by atoms with Crippen LogP contribution in [0.5, 0.6) is 17.2 Å². The third kappa shape index (κ3) is 3.50. The maximum absolute atomic E-state index is 12.8. The van der Waals surface area contributed by atoms with Crippen molar-refractivity contribution >= 4 is 17.4 Å². The van der Waals surface area contributed by atoms with Crippen molar-refractivity contribution in [3.8, 4) is 28.6 Å². The van der Waals surface area contributed by atoms with Crippen LogP contribution in [-0.2, 0) is 11.3 Å². The normalized spacial score (nSPS) is 12.5. The molecule has 1 aromatic heterocycles. The molecule has 0 radical (unpaired) electrons. The molecule has 30 heavy (non-hydrogen) atoms. The van der Waals surface area contributed by atoms with Crippen molar-refractivity contribution in [3.05, 3.63) is 52.5 Å². The van der Waals surface area contributed by atoms with Crippen LogP contribution < -0.4 is 25.3 Å². The first-order chi connectivity index (χ1) is 14.5. The van der Waals surface area contributed by atoms with E-state index >= 15 is 0 Å². The van der Waals surface area contributed by atoms with E-state index in [1.54, 1.807) is 30.3 Å². The number of benzene rings is 2. The van der Waals surface area contributed by atoms with Crippen LogP contribution in [0.2, 0.25) is 0 Å². The minimum atomic E-state index is -0.775. The number of aromatic nitrogens is 2.